The highest BCUT2D eigenvalue weighted by Crippen LogP contribution is 2.31. The first-order valence-corrected chi connectivity index (χ1v) is 6.58. The molecular formula is C14H19FN2O3. The summed E-state index contributed by atoms with van der Waals surface area (Å²) >= 11 is 0. The molecule has 5 nitrogen and oxygen atoms in total. The summed E-state index contributed by atoms with van der Waals surface area (Å²) in [5, 5.41) is 12.5. The fourth-order valence-corrected chi connectivity index (χ4v) is 2.51. The highest BCUT2D eigenvalue weighted by atomic mass is 19.1. The predicted octanol–water partition coefficient (Wildman–Crippen LogP) is 1.81. The molecule has 6 heteroatoms. The van der Waals surface area contributed by atoms with Gasteiger partial charge in [0.05, 0.1) is 24.9 Å². The van der Waals surface area contributed by atoms with Crippen molar-refractivity contribution >= 4 is 11.8 Å². The van der Waals surface area contributed by atoms with Crippen LogP contribution >= 0.6 is 0 Å². The maximum Gasteiger partial charge on any atom is 0.407 e. The van der Waals surface area contributed by atoms with Gasteiger partial charge in [-0.2, -0.15) is 0 Å². The number of benzene rings is 1. The molecule has 1 saturated heterocycles. The summed E-state index contributed by atoms with van der Waals surface area (Å²) in [5.74, 6) is -0.359. The molecule has 110 valence electrons. The van der Waals surface area contributed by atoms with Gasteiger partial charge < -0.3 is 20.1 Å². The van der Waals surface area contributed by atoms with Crippen molar-refractivity contribution < 1.29 is 19.0 Å². The van der Waals surface area contributed by atoms with Gasteiger partial charge in [0.25, 0.3) is 0 Å². The minimum atomic E-state index is -0.742. The summed E-state index contributed by atoms with van der Waals surface area (Å²) in [6.45, 7) is 2.73. The van der Waals surface area contributed by atoms with E-state index < -0.39 is 12.2 Å². The lowest BCUT2D eigenvalue weighted by Gasteiger charge is -2.24. The second kappa shape index (κ2) is 6.09. The number of hydrogen-bond acceptors (Lipinski definition) is 4. The number of amides is 1. The van der Waals surface area contributed by atoms with Crippen molar-refractivity contribution in [3.05, 3.63) is 29.6 Å². The number of ether oxygens (including phenoxy) is 1. The van der Waals surface area contributed by atoms with Gasteiger partial charge in [-0.1, -0.05) is 12.1 Å². The fraction of sp³-hybridized carbons (Fsp3) is 0.500. The molecule has 0 aliphatic carbocycles. The summed E-state index contributed by atoms with van der Waals surface area (Å²) in [7, 11) is 1.31. The van der Waals surface area contributed by atoms with Gasteiger partial charge in [-0.15, -0.1) is 0 Å². The van der Waals surface area contributed by atoms with Crippen molar-refractivity contribution in [3.63, 3.8) is 0 Å². The van der Waals surface area contributed by atoms with Crippen LogP contribution in [-0.4, -0.2) is 37.4 Å². The van der Waals surface area contributed by atoms with E-state index in [1.807, 2.05) is 4.90 Å². The van der Waals surface area contributed by atoms with Gasteiger partial charge in [0.2, 0.25) is 0 Å². The maximum absolute atomic E-state index is 14.1. The SMILES string of the molecule is COC(=O)NC1CCN(c2c(F)cccc2C(C)O)C1. The van der Waals surface area contributed by atoms with Crippen molar-refractivity contribution in [2.24, 2.45) is 0 Å². The number of rotatable bonds is 3. The van der Waals surface area contributed by atoms with Crippen LogP contribution < -0.4 is 10.2 Å². The summed E-state index contributed by atoms with van der Waals surface area (Å²) in [5.41, 5.74) is 0.973. The molecule has 1 aliphatic heterocycles. The van der Waals surface area contributed by atoms with Gasteiger partial charge >= 0.3 is 6.09 Å². The first-order valence-electron chi connectivity index (χ1n) is 6.58. The predicted molar refractivity (Wildman–Crippen MR) is 73.2 cm³/mol. The lowest BCUT2D eigenvalue weighted by molar-refractivity contribution is 0.167. The van der Waals surface area contributed by atoms with E-state index >= 15 is 0 Å². The second-order valence-corrected chi connectivity index (χ2v) is 4.92. The summed E-state index contributed by atoms with van der Waals surface area (Å²) < 4.78 is 18.6. The van der Waals surface area contributed by atoms with E-state index in [-0.39, 0.29) is 11.9 Å². The third-order valence-electron chi connectivity index (χ3n) is 3.48. The number of nitrogens with zero attached hydrogens (tertiary/aromatic N) is 1. The maximum atomic E-state index is 14.1. The highest BCUT2D eigenvalue weighted by Gasteiger charge is 2.28. The normalized spacial score (nSPS) is 19.8. The van der Waals surface area contributed by atoms with Gasteiger partial charge in [-0.3, -0.25) is 0 Å². The Hall–Kier alpha value is -1.82. The van der Waals surface area contributed by atoms with E-state index in [1.165, 1.54) is 13.2 Å². The van der Waals surface area contributed by atoms with E-state index in [1.54, 1.807) is 19.1 Å². The zero-order valence-corrected chi connectivity index (χ0v) is 11.6. The zero-order chi connectivity index (χ0) is 14.7. The highest BCUT2D eigenvalue weighted by molar-refractivity contribution is 5.68. The number of aliphatic hydroxyl groups is 1. The number of alkyl carbamates (subject to hydrolysis) is 1. The van der Waals surface area contributed by atoms with Crippen LogP contribution in [0.1, 0.15) is 25.0 Å². The molecule has 1 aromatic rings. The van der Waals surface area contributed by atoms with E-state index in [2.05, 4.69) is 10.1 Å². The lowest BCUT2D eigenvalue weighted by atomic mass is 10.1. The van der Waals surface area contributed by atoms with Gasteiger partial charge in [0.1, 0.15) is 5.82 Å². The molecule has 2 unspecified atom stereocenters. The standard InChI is InChI=1S/C14H19FN2O3/c1-9(18)11-4-3-5-12(15)13(11)17-7-6-10(8-17)16-14(19)20-2/h3-5,9-10,18H,6-8H2,1-2H3,(H,16,19). The number of anilines is 1. The van der Waals surface area contributed by atoms with Crippen molar-refractivity contribution in [1.29, 1.82) is 0 Å². The topological polar surface area (TPSA) is 61.8 Å². The summed E-state index contributed by atoms with van der Waals surface area (Å²) in [6, 6.07) is 4.59. The van der Waals surface area contributed by atoms with Gasteiger partial charge in [0.15, 0.2) is 0 Å². The van der Waals surface area contributed by atoms with E-state index in [0.29, 0.717) is 30.8 Å². The molecular weight excluding hydrogens is 263 g/mol. The molecule has 0 bridgehead atoms. The molecule has 0 aromatic heterocycles. The first-order chi connectivity index (χ1) is 9.52. The van der Waals surface area contributed by atoms with E-state index in [0.717, 1.165) is 0 Å². The second-order valence-electron chi connectivity index (χ2n) is 4.92. The smallest absolute Gasteiger partial charge is 0.407 e. The number of carbonyl (C=O) groups is 1. The zero-order valence-electron chi connectivity index (χ0n) is 11.6. The number of aliphatic hydroxyl groups excluding tert-OH is 1. The Kier molecular flexibility index (Phi) is 4.44. The first kappa shape index (κ1) is 14.6. The van der Waals surface area contributed by atoms with Crippen LogP contribution in [0.15, 0.2) is 18.2 Å². The van der Waals surface area contributed by atoms with E-state index in [4.69, 9.17) is 0 Å². The number of nitrogens with one attached hydrogen (secondary N) is 1. The van der Waals surface area contributed by atoms with E-state index in [9.17, 15) is 14.3 Å². The Morgan fingerprint density at radius 1 is 1.60 bits per heavy atom. The molecule has 0 radical (unpaired) electrons. The molecule has 2 N–H and O–H groups in total. The average molecular weight is 282 g/mol. The van der Waals surface area contributed by atoms with Crippen LogP contribution in [0.2, 0.25) is 0 Å². The van der Waals surface area contributed by atoms with Crippen LogP contribution in [0.25, 0.3) is 0 Å². The molecule has 0 saturated carbocycles. The largest absolute Gasteiger partial charge is 0.453 e. The van der Waals surface area contributed by atoms with Gasteiger partial charge in [0, 0.05) is 18.7 Å². The average Bonchev–Trinajstić information content (AvgIpc) is 2.86. The summed E-state index contributed by atoms with van der Waals surface area (Å²) in [6.07, 6.45) is -0.516. The molecule has 2 rings (SSSR count). The van der Waals surface area contributed by atoms with Gasteiger partial charge in [-0.05, 0) is 19.4 Å². The number of carbonyl (C=O) groups excluding carboxylic acids is 1. The Bertz CT molecular complexity index is 493. The molecule has 20 heavy (non-hydrogen) atoms. The third-order valence-corrected chi connectivity index (χ3v) is 3.48. The monoisotopic (exact) mass is 282 g/mol. The number of para-hydroxylation sites is 1. The van der Waals surface area contributed by atoms with Crippen LogP contribution in [0.4, 0.5) is 14.9 Å². The lowest BCUT2D eigenvalue weighted by Crippen LogP contribution is -2.37. The van der Waals surface area contributed by atoms with Gasteiger partial charge in [-0.25, -0.2) is 9.18 Å². The van der Waals surface area contributed by atoms with Crippen LogP contribution in [0.5, 0.6) is 0 Å². The summed E-state index contributed by atoms with van der Waals surface area (Å²) in [4.78, 5) is 13.0. The quantitative estimate of drug-likeness (QED) is 0.887. The third kappa shape index (κ3) is 3.01. The molecule has 1 fully saturated rings. The molecule has 0 spiro atoms. The van der Waals surface area contributed by atoms with Crippen molar-refractivity contribution in [1.82, 2.24) is 5.32 Å². The van der Waals surface area contributed by atoms with Crippen molar-refractivity contribution in [2.75, 3.05) is 25.1 Å². The molecule has 1 aliphatic rings. The fourth-order valence-electron chi connectivity index (χ4n) is 2.51. The molecule has 2 atom stereocenters. The minimum absolute atomic E-state index is 0.0797. The number of methoxy groups -OCH3 is 1. The molecule has 1 amide bonds. The van der Waals surface area contributed by atoms with Crippen LogP contribution in [-0.2, 0) is 4.74 Å². The van der Waals surface area contributed by atoms with Crippen LogP contribution in [0, 0.1) is 5.82 Å². The Labute approximate surface area is 117 Å². The Morgan fingerprint density at radius 2 is 2.35 bits per heavy atom. The Morgan fingerprint density at radius 3 is 3.00 bits per heavy atom. The van der Waals surface area contributed by atoms with Crippen molar-refractivity contribution in [2.45, 2.75) is 25.5 Å². The van der Waals surface area contributed by atoms with Crippen molar-refractivity contribution in [3.8, 4) is 0 Å². The van der Waals surface area contributed by atoms with Crippen LogP contribution in [0.3, 0.4) is 0 Å². The molecule has 1 aromatic carbocycles. The minimum Gasteiger partial charge on any atom is -0.453 e. The number of halogens is 1. The Balaban J connectivity index is 2.16. The molecule has 1 heterocycles. The number of hydrogen-bond donors (Lipinski definition) is 2.